The van der Waals surface area contributed by atoms with Gasteiger partial charge in [0, 0.05) is 18.2 Å². The smallest absolute Gasteiger partial charge is 0.250 e. The van der Waals surface area contributed by atoms with E-state index in [4.69, 9.17) is 0 Å². The van der Waals surface area contributed by atoms with E-state index in [1.54, 1.807) is 24.3 Å². The van der Waals surface area contributed by atoms with Crippen molar-refractivity contribution in [2.75, 3.05) is 5.75 Å². The van der Waals surface area contributed by atoms with Gasteiger partial charge >= 0.3 is 0 Å². The standard InChI is InChI=1S/C18H17N5O2S/c1-23-17(13-7-3-2-4-8-13)21-22-18(23)26-12-16(25)20-19-11-14-9-5-6-10-15(14)24/h2-11,24H,12H2,1H3,(H,20,25). The van der Waals surface area contributed by atoms with Crippen molar-refractivity contribution in [1.82, 2.24) is 20.2 Å². The molecule has 0 radical (unpaired) electrons. The number of nitrogens with zero attached hydrogens (tertiary/aromatic N) is 4. The Morgan fingerprint density at radius 2 is 1.92 bits per heavy atom. The number of hydrogen-bond donors (Lipinski definition) is 2. The van der Waals surface area contributed by atoms with Crippen molar-refractivity contribution in [1.29, 1.82) is 0 Å². The van der Waals surface area contributed by atoms with E-state index in [2.05, 4.69) is 20.7 Å². The summed E-state index contributed by atoms with van der Waals surface area (Å²) in [4.78, 5) is 11.9. The van der Waals surface area contributed by atoms with Gasteiger partial charge in [-0.15, -0.1) is 10.2 Å². The van der Waals surface area contributed by atoms with Crippen LogP contribution in [0.3, 0.4) is 0 Å². The third-order valence-electron chi connectivity index (χ3n) is 3.53. The molecule has 0 fully saturated rings. The van der Waals surface area contributed by atoms with Gasteiger partial charge in [-0.1, -0.05) is 54.2 Å². The average Bonchev–Trinajstić information content (AvgIpc) is 3.03. The maximum Gasteiger partial charge on any atom is 0.250 e. The minimum absolute atomic E-state index is 0.104. The van der Waals surface area contributed by atoms with Crippen molar-refractivity contribution >= 4 is 23.9 Å². The molecule has 2 aromatic carbocycles. The van der Waals surface area contributed by atoms with E-state index in [1.807, 2.05) is 41.9 Å². The van der Waals surface area contributed by atoms with Crippen molar-refractivity contribution in [2.45, 2.75) is 5.16 Å². The summed E-state index contributed by atoms with van der Waals surface area (Å²) in [5, 5.41) is 22.4. The minimum Gasteiger partial charge on any atom is -0.507 e. The van der Waals surface area contributed by atoms with Crippen LogP contribution in [0.2, 0.25) is 0 Å². The molecule has 0 saturated heterocycles. The number of carbonyl (C=O) groups is 1. The fraction of sp³-hybridized carbons (Fsp3) is 0.111. The second kappa shape index (κ2) is 8.30. The molecule has 0 aliphatic heterocycles. The maximum atomic E-state index is 11.9. The maximum absolute atomic E-state index is 11.9. The Labute approximate surface area is 154 Å². The number of phenols is 1. The van der Waals surface area contributed by atoms with Crippen LogP contribution in [0.5, 0.6) is 5.75 Å². The fourth-order valence-corrected chi connectivity index (χ4v) is 2.92. The summed E-state index contributed by atoms with van der Waals surface area (Å²) in [6.45, 7) is 0. The average molecular weight is 367 g/mol. The first-order valence-electron chi connectivity index (χ1n) is 7.82. The largest absolute Gasteiger partial charge is 0.507 e. The molecule has 8 heteroatoms. The number of nitrogens with one attached hydrogen (secondary N) is 1. The van der Waals surface area contributed by atoms with Crippen LogP contribution in [-0.2, 0) is 11.8 Å². The highest BCUT2D eigenvalue weighted by molar-refractivity contribution is 7.99. The third-order valence-corrected chi connectivity index (χ3v) is 4.55. The van der Waals surface area contributed by atoms with Gasteiger partial charge < -0.3 is 9.67 Å². The molecule has 26 heavy (non-hydrogen) atoms. The molecule has 0 bridgehead atoms. The van der Waals surface area contributed by atoms with Gasteiger partial charge in [0.2, 0.25) is 0 Å². The lowest BCUT2D eigenvalue weighted by atomic mass is 10.2. The Hall–Kier alpha value is -3.13. The third kappa shape index (κ3) is 4.28. The summed E-state index contributed by atoms with van der Waals surface area (Å²) in [5.41, 5.74) is 3.92. The van der Waals surface area contributed by atoms with E-state index in [0.717, 1.165) is 11.4 Å². The van der Waals surface area contributed by atoms with Crippen molar-refractivity contribution < 1.29 is 9.90 Å². The first-order valence-corrected chi connectivity index (χ1v) is 8.81. The Balaban J connectivity index is 1.55. The molecule has 0 spiro atoms. The molecule has 2 N–H and O–H groups in total. The minimum atomic E-state index is -0.272. The zero-order chi connectivity index (χ0) is 18.4. The van der Waals surface area contributed by atoms with Crippen LogP contribution < -0.4 is 5.43 Å². The van der Waals surface area contributed by atoms with Crippen LogP contribution in [0, 0.1) is 0 Å². The van der Waals surface area contributed by atoms with Crippen molar-refractivity contribution in [2.24, 2.45) is 12.1 Å². The predicted octanol–water partition coefficient (Wildman–Crippen LogP) is 2.43. The molecule has 7 nitrogen and oxygen atoms in total. The molecule has 0 aliphatic carbocycles. The Morgan fingerprint density at radius 1 is 1.19 bits per heavy atom. The first-order chi connectivity index (χ1) is 12.6. The summed E-state index contributed by atoms with van der Waals surface area (Å²) in [6, 6.07) is 16.5. The van der Waals surface area contributed by atoms with Gasteiger partial charge in [0.25, 0.3) is 5.91 Å². The number of aromatic hydroxyl groups is 1. The zero-order valence-corrected chi connectivity index (χ0v) is 14.8. The number of amides is 1. The van der Waals surface area contributed by atoms with E-state index in [0.29, 0.717) is 10.7 Å². The van der Waals surface area contributed by atoms with Crippen LogP contribution in [0.15, 0.2) is 64.9 Å². The number of para-hydroxylation sites is 1. The number of rotatable bonds is 6. The lowest BCUT2D eigenvalue weighted by Crippen LogP contribution is -2.19. The van der Waals surface area contributed by atoms with Crippen molar-refractivity contribution in [3.8, 4) is 17.1 Å². The lowest BCUT2D eigenvalue weighted by Gasteiger charge is -2.03. The van der Waals surface area contributed by atoms with E-state index in [-0.39, 0.29) is 17.4 Å². The first kappa shape index (κ1) is 17.7. The lowest BCUT2D eigenvalue weighted by molar-refractivity contribution is -0.118. The number of benzene rings is 2. The Kier molecular flexibility index (Phi) is 5.65. The Bertz CT molecular complexity index is 924. The number of carbonyl (C=O) groups excluding carboxylic acids is 1. The van der Waals surface area contributed by atoms with E-state index >= 15 is 0 Å². The molecule has 0 saturated carbocycles. The van der Waals surface area contributed by atoms with Gasteiger partial charge in [0.15, 0.2) is 11.0 Å². The second-order valence-corrected chi connectivity index (χ2v) is 6.31. The summed E-state index contributed by atoms with van der Waals surface area (Å²) < 4.78 is 1.85. The van der Waals surface area contributed by atoms with Crippen LogP contribution >= 0.6 is 11.8 Å². The number of hydrogen-bond acceptors (Lipinski definition) is 6. The van der Waals surface area contributed by atoms with E-state index < -0.39 is 0 Å². The molecular weight excluding hydrogens is 350 g/mol. The van der Waals surface area contributed by atoms with Crippen LogP contribution in [0.4, 0.5) is 0 Å². The summed E-state index contributed by atoms with van der Waals surface area (Å²) in [7, 11) is 1.86. The molecule has 132 valence electrons. The zero-order valence-electron chi connectivity index (χ0n) is 14.0. The summed E-state index contributed by atoms with van der Waals surface area (Å²) in [6.07, 6.45) is 1.40. The second-order valence-electron chi connectivity index (χ2n) is 5.37. The van der Waals surface area contributed by atoms with Crippen molar-refractivity contribution in [3.63, 3.8) is 0 Å². The molecule has 1 amide bonds. The molecule has 3 rings (SSSR count). The highest BCUT2D eigenvalue weighted by Crippen LogP contribution is 2.22. The SMILES string of the molecule is Cn1c(SCC(=O)NN=Cc2ccccc2O)nnc1-c1ccccc1. The van der Waals surface area contributed by atoms with Gasteiger partial charge in [-0.05, 0) is 12.1 Å². The highest BCUT2D eigenvalue weighted by Gasteiger charge is 2.12. The Morgan fingerprint density at radius 3 is 2.69 bits per heavy atom. The summed E-state index contributed by atoms with van der Waals surface area (Å²) >= 11 is 1.27. The number of hydrazone groups is 1. The van der Waals surface area contributed by atoms with Gasteiger partial charge in [0.05, 0.1) is 12.0 Å². The molecular formula is C18H17N5O2S. The van der Waals surface area contributed by atoms with Gasteiger partial charge in [-0.2, -0.15) is 5.10 Å². The van der Waals surface area contributed by atoms with Gasteiger partial charge in [-0.3, -0.25) is 4.79 Å². The molecule has 1 aromatic heterocycles. The molecule has 0 unspecified atom stereocenters. The number of aromatic nitrogens is 3. The number of thioether (sulfide) groups is 1. The number of phenolic OH excluding ortho intramolecular Hbond substituents is 1. The molecule has 0 atom stereocenters. The van der Waals surface area contributed by atoms with Crippen LogP contribution in [0.1, 0.15) is 5.56 Å². The monoisotopic (exact) mass is 367 g/mol. The quantitative estimate of drug-likeness (QED) is 0.397. The molecule has 1 heterocycles. The fourth-order valence-electron chi connectivity index (χ4n) is 2.21. The molecule has 3 aromatic rings. The van der Waals surface area contributed by atoms with Gasteiger partial charge in [0.1, 0.15) is 5.75 Å². The molecule has 0 aliphatic rings. The van der Waals surface area contributed by atoms with E-state index in [1.165, 1.54) is 18.0 Å². The summed E-state index contributed by atoms with van der Waals surface area (Å²) in [5.74, 6) is 0.725. The normalized spacial score (nSPS) is 11.0. The van der Waals surface area contributed by atoms with E-state index in [9.17, 15) is 9.90 Å². The highest BCUT2D eigenvalue weighted by atomic mass is 32.2. The van der Waals surface area contributed by atoms with Crippen molar-refractivity contribution in [3.05, 3.63) is 60.2 Å². The van der Waals surface area contributed by atoms with Crippen LogP contribution in [-0.4, -0.2) is 37.7 Å². The predicted molar refractivity (Wildman–Crippen MR) is 101 cm³/mol. The van der Waals surface area contributed by atoms with Gasteiger partial charge in [-0.25, -0.2) is 5.43 Å². The van der Waals surface area contributed by atoms with Crippen LogP contribution in [0.25, 0.3) is 11.4 Å². The topological polar surface area (TPSA) is 92.4 Å².